The number of nitro benzene ring substituents is 2. The molecule has 0 bridgehead atoms. The van der Waals surface area contributed by atoms with Crippen LogP contribution in [0.2, 0.25) is 0 Å². The molecule has 0 spiro atoms. The van der Waals surface area contributed by atoms with E-state index in [2.05, 4.69) is 4.74 Å². The van der Waals surface area contributed by atoms with Crippen molar-refractivity contribution in [1.82, 2.24) is 0 Å². The van der Waals surface area contributed by atoms with Gasteiger partial charge in [-0.3, -0.25) is 20.2 Å². The minimum atomic E-state index is -1.27. The summed E-state index contributed by atoms with van der Waals surface area (Å²) < 4.78 is 9.36. The predicted octanol–water partition coefficient (Wildman–Crippen LogP) is -1.49. The number of carbonyl (C=O) groups excluding carboxylic acids is 2. The summed E-state index contributed by atoms with van der Waals surface area (Å²) in [6.07, 6.45) is 0.510. The molecule has 24 heavy (non-hydrogen) atoms. The molecule has 0 saturated heterocycles. The second-order valence-electron chi connectivity index (χ2n) is 4.25. The summed E-state index contributed by atoms with van der Waals surface area (Å²) in [5.74, 6) is -2.75. The van der Waals surface area contributed by atoms with Crippen LogP contribution in [0, 0.1) is 33.6 Å². The molecule has 0 aromatic heterocycles. The minimum Gasteiger partial charge on any atom is -0.503 e. The van der Waals surface area contributed by atoms with Crippen molar-refractivity contribution in [3.8, 4) is 5.75 Å². The van der Waals surface area contributed by atoms with Crippen molar-refractivity contribution in [3.63, 3.8) is 0 Å². The summed E-state index contributed by atoms with van der Waals surface area (Å²) in [7, 11) is 1.15. The predicted molar refractivity (Wildman–Crippen MR) is 76.1 cm³/mol. The molecule has 0 unspecified atom stereocenters. The first-order valence-electron chi connectivity index (χ1n) is 6.30. The molecule has 0 heterocycles. The number of aryl methyl sites for hydroxylation is 1. The number of esters is 1. The Balaban J connectivity index is 0.00000529. The quantitative estimate of drug-likeness (QED) is 0.142. The van der Waals surface area contributed by atoms with Crippen LogP contribution in [0.15, 0.2) is 6.07 Å². The fourth-order valence-corrected chi connectivity index (χ4v) is 1.90. The Morgan fingerprint density at radius 3 is 2.25 bits per heavy atom. The molecule has 124 valence electrons. The monoisotopic (exact) mass is 364 g/mol. The third kappa shape index (κ3) is 4.98. The molecule has 0 aliphatic carbocycles. The van der Waals surface area contributed by atoms with Crippen molar-refractivity contribution in [2.75, 3.05) is 13.7 Å². The standard InChI is InChI=1S/C13H13N2O8.K/c1-4-23-13(17)10(16)6-8-9(14(18)19)5-7(2)12(22-3)11(8)15(20)21;/h5-6H,4H2,1-3H3;/q-1;+1. The molecule has 0 saturated carbocycles. The molecule has 1 aromatic rings. The van der Waals surface area contributed by atoms with E-state index in [1.165, 1.54) is 13.8 Å². The molecule has 0 N–H and O–H groups in total. The average molecular weight is 364 g/mol. The molecule has 0 fully saturated rings. The minimum absolute atomic E-state index is 0. The van der Waals surface area contributed by atoms with E-state index < -0.39 is 38.5 Å². The first-order valence-corrected chi connectivity index (χ1v) is 6.30. The van der Waals surface area contributed by atoms with E-state index in [1.54, 1.807) is 0 Å². The normalized spacial score (nSPS) is 9.46. The number of methoxy groups -OCH3 is 1. The molecule has 0 amide bonds. The first-order chi connectivity index (χ1) is 10.7. The Morgan fingerprint density at radius 1 is 1.25 bits per heavy atom. The van der Waals surface area contributed by atoms with Gasteiger partial charge in [0.05, 0.1) is 13.7 Å². The maximum atomic E-state index is 11.7. The Morgan fingerprint density at radius 2 is 1.83 bits per heavy atom. The number of hydrogen-bond donors (Lipinski definition) is 0. The van der Waals surface area contributed by atoms with Crippen molar-refractivity contribution in [1.29, 1.82) is 0 Å². The van der Waals surface area contributed by atoms with Crippen LogP contribution in [0.1, 0.15) is 18.1 Å². The largest absolute Gasteiger partial charge is 1.00 e. The zero-order valence-corrected chi connectivity index (χ0v) is 16.6. The third-order valence-corrected chi connectivity index (χ3v) is 2.79. The van der Waals surface area contributed by atoms with E-state index in [-0.39, 0.29) is 69.3 Å². The van der Waals surface area contributed by atoms with Gasteiger partial charge in [-0.05, 0) is 25.5 Å². The smallest absolute Gasteiger partial charge is 0.503 e. The van der Waals surface area contributed by atoms with Crippen LogP contribution in [-0.2, 0) is 14.3 Å². The molecule has 11 heteroatoms. The number of benzene rings is 1. The Kier molecular flexibility index (Phi) is 9.07. The summed E-state index contributed by atoms with van der Waals surface area (Å²) >= 11 is 0. The Labute approximate surface area is 179 Å². The Hall–Kier alpha value is -1.53. The zero-order chi connectivity index (χ0) is 17.7. The number of nitro groups is 2. The number of rotatable bonds is 7. The van der Waals surface area contributed by atoms with Gasteiger partial charge in [-0.1, -0.05) is 6.42 Å². The van der Waals surface area contributed by atoms with Crippen LogP contribution in [0.4, 0.5) is 11.4 Å². The maximum absolute atomic E-state index is 11.7. The van der Waals surface area contributed by atoms with Crippen molar-refractivity contribution in [2.45, 2.75) is 13.8 Å². The van der Waals surface area contributed by atoms with Crippen LogP contribution in [0.5, 0.6) is 5.75 Å². The average Bonchev–Trinajstić information content (AvgIpc) is 2.47. The summed E-state index contributed by atoms with van der Waals surface area (Å²) in [6.45, 7) is 2.76. The number of hydrogen-bond acceptors (Lipinski definition) is 8. The van der Waals surface area contributed by atoms with E-state index in [0.29, 0.717) is 6.42 Å². The molecule has 0 aliphatic rings. The van der Waals surface area contributed by atoms with Gasteiger partial charge in [0.2, 0.25) is 11.4 Å². The van der Waals surface area contributed by atoms with E-state index in [1.807, 2.05) is 0 Å². The van der Waals surface area contributed by atoms with E-state index >= 15 is 0 Å². The number of Topliss-reactive ketones (excluding diaryl/α,β-unsaturated/α-hetero) is 1. The molecule has 1 rings (SSSR count). The van der Waals surface area contributed by atoms with Crippen molar-refractivity contribution in [3.05, 3.63) is 43.8 Å². The van der Waals surface area contributed by atoms with Crippen molar-refractivity contribution in [2.24, 2.45) is 0 Å². The van der Waals surface area contributed by atoms with Crippen molar-refractivity contribution < 1.29 is 80.3 Å². The maximum Gasteiger partial charge on any atom is 1.00 e. The van der Waals surface area contributed by atoms with Gasteiger partial charge in [0.25, 0.3) is 5.97 Å². The summed E-state index contributed by atoms with van der Waals surface area (Å²) in [5, 5.41) is 22.4. The number of ketones is 1. The van der Waals surface area contributed by atoms with Crippen LogP contribution < -0.4 is 56.1 Å². The molecule has 10 nitrogen and oxygen atoms in total. The number of nitrogens with zero attached hydrogens (tertiary/aromatic N) is 2. The van der Waals surface area contributed by atoms with Crippen LogP contribution in [0.25, 0.3) is 0 Å². The SMILES string of the molecule is CCOC(=O)C(=O)[CH-]c1c([N+](=O)[O-])cc(C)c(OC)c1[N+](=O)[O-].[K+]. The second-order valence-corrected chi connectivity index (χ2v) is 4.25. The first kappa shape index (κ1) is 22.5. The molecule has 0 radical (unpaired) electrons. The van der Waals surface area contributed by atoms with E-state index in [0.717, 1.165) is 13.2 Å². The molecular weight excluding hydrogens is 351 g/mol. The molecule has 0 aliphatic heterocycles. The van der Waals surface area contributed by atoms with Gasteiger partial charge in [-0.25, -0.2) is 0 Å². The Bertz CT molecular complexity index is 689. The van der Waals surface area contributed by atoms with Crippen LogP contribution in [-0.4, -0.2) is 35.3 Å². The van der Waals surface area contributed by atoms with Gasteiger partial charge >= 0.3 is 51.4 Å². The number of ether oxygens (including phenoxy) is 2. The van der Waals surface area contributed by atoms with Gasteiger partial charge in [-0.15, -0.1) is 0 Å². The molecule has 1 aromatic carbocycles. The summed E-state index contributed by atoms with van der Waals surface area (Å²) in [4.78, 5) is 43.7. The van der Waals surface area contributed by atoms with Crippen LogP contribution >= 0.6 is 0 Å². The summed E-state index contributed by atoms with van der Waals surface area (Å²) in [6, 6.07) is 1.02. The van der Waals surface area contributed by atoms with Gasteiger partial charge in [0.15, 0.2) is 11.5 Å². The fraction of sp³-hybridized carbons (Fsp3) is 0.308. The van der Waals surface area contributed by atoms with Crippen molar-refractivity contribution >= 4 is 23.1 Å². The van der Waals surface area contributed by atoms with Gasteiger partial charge in [-0.2, -0.15) is 0 Å². The van der Waals surface area contributed by atoms with Gasteiger partial charge < -0.3 is 19.1 Å². The second kappa shape index (κ2) is 9.69. The third-order valence-electron chi connectivity index (χ3n) is 2.79. The molecule has 0 atom stereocenters. The zero-order valence-electron chi connectivity index (χ0n) is 13.5. The summed E-state index contributed by atoms with van der Waals surface area (Å²) in [5.41, 5.74) is -1.93. The van der Waals surface area contributed by atoms with Gasteiger partial charge in [0, 0.05) is 15.4 Å². The fourth-order valence-electron chi connectivity index (χ4n) is 1.90. The van der Waals surface area contributed by atoms with E-state index in [9.17, 15) is 29.8 Å². The van der Waals surface area contributed by atoms with Gasteiger partial charge in [0.1, 0.15) is 0 Å². The van der Waals surface area contributed by atoms with Crippen LogP contribution in [0.3, 0.4) is 0 Å². The van der Waals surface area contributed by atoms with E-state index in [4.69, 9.17) is 4.74 Å². The topological polar surface area (TPSA) is 139 Å². The number of carbonyl (C=O) groups is 2. The molecular formula is C13H13KN2O8.